The average molecular weight is 297 g/mol. The van der Waals surface area contributed by atoms with Crippen molar-refractivity contribution < 1.29 is 19.0 Å². The monoisotopic (exact) mass is 296 g/mol. The van der Waals surface area contributed by atoms with Gasteiger partial charge in [0.05, 0.1) is 32.3 Å². The first-order valence-corrected chi connectivity index (χ1v) is 6.36. The molecular weight excluding hydrogens is 272 g/mol. The minimum absolute atomic E-state index is 0. The minimum atomic E-state index is -0.0150. The van der Waals surface area contributed by atoms with E-state index in [-0.39, 0.29) is 24.4 Å². The number of rotatable bonds is 8. The van der Waals surface area contributed by atoms with E-state index >= 15 is 0 Å². The van der Waals surface area contributed by atoms with Crippen LogP contribution in [0, 0.1) is 0 Å². The van der Waals surface area contributed by atoms with Crippen LogP contribution in [0.5, 0.6) is 0 Å². The number of morpholine rings is 1. The molecule has 1 amide bonds. The summed E-state index contributed by atoms with van der Waals surface area (Å²) in [7, 11) is 3.26. The van der Waals surface area contributed by atoms with Gasteiger partial charge < -0.3 is 24.4 Å². The first-order chi connectivity index (χ1) is 8.77. The Bertz CT molecular complexity index is 230. The van der Waals surface area contributed by atoms with Crippen LogP contribution in [0.4, 0.5) is 0 Å². The summed E-state index contributed by atoms with van der Waals surface area (Å²) in [4.78, 5) is 13.9. The summed E-state index contributed by atoms with van der Waals surface area (Å²) >= 11 is 0. The summed E-state index contributed by atoms with van der Waals surface area (Å²) < 4.78 is 15.6. The van der Waals surface area contributed by atoms with Crippen LogP contribution in [0.25, 0.3) is 0 Å². The van der Waals surface area contributed by atoms with E-state index in [0.29, 0.717) is 39.3 Å². The molecule has 0 aromatic rings. The van der Waals surface area contributed by atoms with E-state index in [1.807, 2.05) is 0 Å². The Labute approximate surface area is 121 Å². The lowest BCUT2D eigenvalue weighted by molar-refractivity contribution is -0.136. The smallest absolute Gasteiger partial charge is 0.225 e. The topological polar surface area (TPSA) is 60.0 Å². The molecule has 1 aliphatic heterocycles. The molecule has 6 nitrogen and oxygen atoms in total. The summed E-state index contributed by atoms with van der Waals surface area (Å²) in [5, 5.41) is 3.22. The van der Waals surface area contributed by atoms with Crippen LogP contribution in [0.2, 0.25) is 0 Å². The second kappa shape index (κ2) is 11.4. The van der Waals surface area contributed by atoms with E-state index in [0.717, 1.165) is 13.1 Å². The van der Waals surface area contributed by atoms with Gasteiger partial charge in [0, 0.05) is 40.4 Å². The molecule has 0 aliphatic carbocycles. The van der Waals surface area contributed by atoms with Crippen molar-refractivity contribution in [3.63, 3.8) is 0 Å². The molecule has 1 N–H and O–H groups in total. The summed E-state index contributed by atoms with van der Waals surface area (Å²) in [6.07, 6.45) is 0.402. The third-order valence-electron chi connectivity index (χ3n) is 2.89. The van der Waals surface area contributed by atoms with Crippen molar-refractivity contribution in [3.8, 4) is 0 Å². The number of methoxy groups -OCH3 is 2. The van der Waals surface area contributed by atoms with Gasteiger partial charge in [0.25, 0.3) is 0 Å². The molecule has 1 atom stereocenters. The van der Waals surface area contributed by atoms with Crippen LogP contribution >= 0.6 is 12.4 Å². The third-order valence-corrected chi connectivity index (χ3v) is 2.89. The molecule has 7 heteroatoms. The summed E-state index contributed by atoms with van der Waals surface area (Å²) in [6, 6.07) is 0. The van der Waals surface area contributed by atoms with Gasteiger partial charge in [0.15, 0.2) is 0 Å². The number of nitrogens with zero attached hydrogens (tertiary/aromatic N) is 1. The molecule has 1 fully saturated rings. The number of amides is 1. The summed E-state index contributed by atoms with van der Waals surface area (Å²) in [6.45, 7) is 4.56. The van der Waals surface area contributed by atoms with E-state index < -0.39 is 0 Å². The highest BCUT2D eigenvalue weighted by Gasteiger charge is 2.21. The maximum absolute atomic E-state index is 12.1. The van der Waals surface area contributed by atoms with Crippen molar-refractivity contribution in [2.45, 2.75) is 12.5 Å². The Morgan fingerprint density at radius 1 is 1.32 bits per heavy atom. The maximum atomic E-state index is 12.1. The first kappa shape index (κ1) is 18.6. The zero-order valence-corrected chi connectivity index (χ0v) is 12.5. The largest absolute Gasteiger partial charge is 0.383 e. The molecule has 0 aromatic heterocycles. The number of carbonyl (C=O) groups excluding carboxylic acids is 1. The van der Waals surface area contributed by atoms with Crippen molar-refractivity contribution in [1.29, 1.82) is 0 Å². The second-order valence-corrected chi connectivity index (χ2v) is 4.27. The van der Waals surface area contributed by atoms with Crippen LogP contribution in [-0.4, -0.2) is 77.1 Å². The van der Waals surface area contributed by atoms with Crippen LogP contribution in [0.1, 0.15) is 6.42 Å². The molecular formula is C12H25ClN2O4. The van der Waals surface area contributed by atoms with Gasteiger partial charge >= 0.3 is 0 Å². The van der Waals surface area contributed by atoms with E-state index in [2.05, 4.69) is 5.32 Å². The molecule has 114 valence electrons. The lowest BCUT2D eigenvalue weighted by Crippen LogP contribution is -2.43. The quantitative estimate of drug-likeness (QED) is 0.678. The Morgan fingerprint density at radius 3 is 2.42 bits per heavy atom. The standard InChI is InChI=1S/C12H24N2O4.ClH/c1-16-7-4-14(5-8-17-2)12(15)9-11-10-13-3-6-18-11;/h11,13H,3-10H2,1-2H3;1H. The van der Waals surface area contributed by atoms with Crippen molar-refractivity contribution in [2.24, 2.45) is 0 Å². The number of ether oxygens (including phenoxy) is 3. The predicted molar refractivity (Wildman–Crippen MR) is 74.8 cm³/mol. The van der Waals surface area contributed by atoms with Crippen LogP contribution < -0.4 is 5.32 Å². The molecule has 0 aromatic carbocycles. The molecule has 0 radical (unpaired) electrons. The highest BCUT2D eigenvalue weighted by atomic mass is 35.5. The van der Waals surface area contributed by atoms with Gasteiger partial charge in [-0.3, -0.25) is 4.79 Å². The first-order valence-electron chi connectivity index (χ1n) is 6.36. The van der Waals surface area contributed by atoms with Crippen molar-refractivity contribution in [2.75, 3.05) is 60.2 Å². The zero-order chi connectivity index (χ0) is 13.2. The molecule has 0 saturated carbocycles. The van der Waals surface area contributed by atoms with Gasteiger partial charge in [0.1, 0.15) is 0 Å². The summed E-state index contributed by atoms with van der Waals surface area (Å²) in [5.41, 5.74) is 0. The van der Waals surface area contributed by atoms with Gasteiger partial charge in [-0.25, -0.2) is 0 Å². The molecule has 1 aliphatic rings. The zero-order valence-electron chi connectivity index (χ0n) is 11.7. The normalized spacial score (nSPS) is 18.7. The SMILES string of the molecule is COCCN(CCOC)C(=O)CC1CNCCO1.Cl. The molecule has 1 heterocycles. The molecule has 1 rings (SSSR count). The van der Waals surface area contributed by atoms with Crippen LogP contribution in [0.3, 0.4) is 0 Å². The number of hydrogen-bond acceptors (Lipinski definition) is 5. The van der Waals surface area contributed by atoms with Crippen molar-refractivity contribution in [3.05, 3.63) is 0 Å². The van der Waals surface area contributed by atoms with E-state index in [1.165, 1.54) is 0 Å². The van der Waals surface area contributed by atoms with Gasteiger partial charge in [-0.2, -0.15) is 0 Å². The number of carbonyl (C=O) groups is 1. The minimum Gasteiger partial charge on any atom is -0.383 e. The van der Waals surface area contributed by atoms with E-state index in [1.54, 1.807) is 19.1 Å². The Kier molecular flexibility index (Phi) is 11.2. The fraction of sp³-hybridized carbons (Fsp3) is 0.917. The highest BCUT2D eigenvalue weighted by Crippen LogP contribution is 2.05. The lowest BCUT2D eigenvalue weighted by Gasteiger charge is -2.27. The fourth-order valence-corrected chi connectivity index (χ4v) is 1.84. The number of nitrogens with one attached hydrogen (secondary N) is 1. The summed E-state index contributed by atoms with van der Waals surface area (Å²) in [5.74, 6) is 0.0952. The molecule has 0 spiro atoms. The van der Waals surface area contributed by atoms with Gasteiger partial charge in [-0.15, -0.1) is 12.4 Å². The molecule has 1 saturated heterocycles. The van der Waals surface area contributed by atoms with E-state index in [4.69, 9.17) is 14.2 Å². The maximum Gasteiger partial charge on any atom is 0.225 e. The molecule has 19 heavy (non-hydrogen) atoms. The van der Waals surface area contributed by atoms with Crippen molar-refractivity contribution in [1.82, 2.24) is 10.2 Å². The lowest BCUT2D eigenvalue weighted by atomic mass is 10.2. The van der Waals surface area contributed by atoms with Crippen molar-refractivity contribution >= 4 is 18.3 Å². The number of hydrogen-bond donors (Lipinski definition) is 1. The van der Waals surface area contributed by atoms with Crippen LogP contribution in [0.15, 0.2) is 0 Å². The highest BCUT2D eigenvalue weighted by molar-refractivity contribution is 5.85. The number of halogens is 1. The molecule has 1 unspecified atom stereocenters. The Hall–Kier alpha value is -0.400. The third kappa shape index (κ3) is 7.69. The molecule has 0 bridgehead atoms. The predicted octanol–water partition coefficient (Wildman–Crippen LogP) is -0.0919. The van der Waals surface area contributed by atoms with E-state index in [9.17, 15) is 4.79 Å². The Morgan fingerprint density at radius 2 is 1.95 bits per heavy atom. The van der Waals surface area contributed by atoms with Gasteiger partial charge in [-0.1, -0.05) is 0 Å². The van der Waals surface area contributed by atoms with Crippen LogP contribution in [-0.2, 0) is 19.0 Å². The van der Waals surface area contributed by atoms with Gasteiger partial charge in [-0.05, 0) is 0 Å². The fourth-order valence-electron chi connectivity index (χ4n) is 1.84. The Balaban J connectivity index is 0.00000324. The second-order valence-electron chi connectivity index (χ2n) is 4.27. The van der Waals surface area contributed by atoms with Gasteiger partial charge in [0.2, 0.25) is 5.91 Å². The average Bonchev–Trinajstić information content (AvgIpc) is 2.40.